The number of benzene rings is 2. The van der Waals surface area contributed by atoms with Gasteiger partial charge < -0.3 is 14.5 Å². The van der Waals surface area contributed by atoms with Gasteiger partial charge in [0.05, 0.1) is 5.69 Å². The highest BCUT2D eigenvalue weighted by Gasteiger charge is 2.16. The number of carbonyl (C=O) groups is 2. The molecule has 0 saturated carbocycles. The van der Waals surface area contributed by atoms with Gasteiger partial charge in [-0.1, -0.05) is 0 Å². The largest absolute Gasteiger partial charge is 0.454 e. The Balaban J connectivity index is 1.57. The summed E-state index contributed by atoms with van der Waals surface area (Å²) in [5.41, 5.74) is -0.102. The molecular weight excluding hydrogens is 395 g/mol. The zero-order valence-electron chi connectivity index (χ0n) is 14.5. The van der Waals surface area contributed by atoms with Gasteiger partial charge in [0.25, 0.3) is 5.91 Å². The Morgan fingerprint density at radius 1 is 1.07 bits per heavy atom. The van der Waals surface area contributed by atoms with Crippen LogP contribution in [0.4, 0.5) is 18.9 Å². The fraction of sp³-hybridized carbons (Fsp3) is 0.111. The predicted molar refractivity (Wildman–Crippen MR) is 92.1 cm³/mol. The molecule has 0 spiro atoms. The average Bonchev–Trinajstić information content (AvgIpc) is 3.04. The molecule has 8 nitrogen and oxygen atoms in total. The highest BCUT2D eigenvalue weighted by Crippen LogP contribution is 2.16. The highest BCUT2D eigenvalue weighted by molar-refractivity contribution is 5.92. The predicted octanol–water partition coefficient (Wildman–Crippen LogP) is 2.10. The maximum Gasteiger partial charge on any atom is 0.437 e. The molecule has 1 aromatic heterocycles. The molecule has 0 fully saturated rings. The molecule has 0 aliphatic rings. The van der Waals surface area contributed by atoms with Crippen molar-refractivity contribution in [3.05, 3.63) is 70.5 Å². The first-order chi connectivity index (χ1) is 13.8. The van der Waals surface area contributed by atoms with E-state index < -0.39 is 53.9 Å². The Hall–Kier alpha value is -3.89. The second-order valence-electron chi connectivity index (χ2n) is 5.67. The van der Waals surface area contributed by atoms with Crippen LogP contribution in [0.2, 0.25) is 0 Å². The van der Waals surface area contributed by atoms with Crippen LogP contribution < -0.4 is 11.1 Å². The molecule has 0 unspecified atom stereocenters. The molecule has 2 aromatic carbocycles. The molecule has 1 amide bonds. The lowest BCUT2D eigenvalue weighted by molar-refractivity contribution is -0.148. The number of rotatable bonds is 6. The third-order valence-corrected chi connectivity index (χ3v) is 3.54. The van der Waals surface area contributed by atoms with Crippen molar-refractivity contribution in [3.8, 4) is 11.5 Å². The minimum atomic E-state index is -0.999. The van der Waals surface area contributed by atoms with E-state index in [-0.39, 0.29) is 5.89 Å². The van der Waals surface area contributed by atoms with Crippen LogP contribution >= 0.6 is 0 Å². The first-order valence-corrected chi connectivity index (χ1v) is 8.06. The number of nitrogens with one attached hydrogen (secondary N) is 1. The lowest BCUT2D eigenvalue weighted by atomic mass is 10.2. The first kappa shape index (κ1) is 19.9. The van der Waals surface area contributed by atoms with Gasteiger partial charge in [-0.15, -0.1) is 5.10 Å². The maximum absolute atomic E-state index is 13.5. The number of hydrogen-bond donors (Lipinski definition) is 1. The highest BCUT2D eigenvalue weighted by atomic mass is 19.1. The van der Waals surface area contributed by atoms with Gasteiger partial charge in [0, 0.05) is 11.6 Å². The zero-order chi connectivity index (χ0) is 21.0. The van der Waals surface area contributed by atoms with Crippen molar-refractivity contribution in [2.45, 2.75) is 6.54 Å². The van der Waals surface area contributed by atoms with Crippen molar-refractivity contribution in [3.63, 3.8) is 0 Å². The summed E-state index contributed by atoms with van der Waals surface area (Å²) in [4.78, 5) is 35.3. The summed E-state index contributed by atoms with van der Waals surface area (Å²) in [7, 11) is 0. The molecule has 0 aliphatic carbocycles. The Kier molecular flexibility index (Phi) is 5.77. The quantitative estimate of drug-likeness (QED) is 0.628. The van der Waals surface area contributed by atoms with Gasteiger partial charge in [-0.25, -0.2) is 18.0 Å². The van der Waals surface area contributed by atoms with Crippen molar-refractivity contribution in [1.29, 1.82) is 0 Å². The molecule has 3 rings (SSSR count). The minimum Gasteiger partial charge on any atom is -0.454 e. The number of ether oxygens (including phenoxy) is 1. The Labute approximate surface area is 160 Å². The second-order valence-corrected chi connectivity index (χ2v) is 5.67. The van der Waals surface area contributed by atoms with Crippen LogP contribution in [-0.4, -0.2) is 28.3 Å². The molecule has 150 valence electrons. The molecule has 0 aliphatic heterocycles. The van der Waals surface area contributed by atoms with Crippen molar-refractivity contribution < 1.29 is 31.9 Å². The molecular formula is C18H12F3N3O5. The lowest BCUT2D eigenvalue weighted by Gasteiger charge is -2.07. The van der Waals surface area contributed by atoms with E-state index in [4.69, 9.17) is 4.42 Å². The molecule has 0 atom stereocenters. The summed E-state index contributed by atoms with van der Waals surface area (Å²) in [5.74, 6) is -5.14. The smallest absolute Gasteiger partial charge is 0.437 e. The summed E-state index contributed by atoms with van der Waals surface area (Å²) >= 11 is 0. The van der Waals surface area contributed by atoms with Crippen LogP contribution in [0.1, 0.15) is 0 Å². The van der Waals surface area contributed by atoms with Gasteiger partial charge >= 0.3 is 11.7 Å². The lowest BCUT2D eigenvalue weighted by Crippen LogP contribution is -2.26. The number of anilines is 1. The van der Waals surface area contributed by atoms with Crippen molar-refractivity contribution in [2.75, 3.05) is 11.9 Å². The van der Waals surface area contributed by atoms with Crippen LogP contribution in [0.25, 0.3) is 11.5 Å². The van der Waals surface area contributed by atoms with Crippen molar-refractivity contribution in [2.24, 2.45) is 0 Å². The van der Waals surface area contributed by atoms with E-state index in [9.17, 15) is 27.6 Å². The van der Waals surface area contributed by atoms with E-state index in [0.29, 0.717) is 10.2 Å². The first-order valence-electron chi connectivity index (χ1n) is 8.06. The maximum atomic E-state index is 13.5. The number of nitrogens with zero attached hydrogens (tertiary/aromatic N) is 2. The van der Waals surface area contributed by atoms with Crippen LogP contribution in [0, 0.1) is 17.5 Å². The molecule has 3 aromatic rings. The molecule has 0 bridgehead atoms. The number of carbonyl (C=O) groups excluding carboxylic acids is 2. The van der Waals surface area contributed by atoms with E-state index in [1.54, 1.807) is 0 Å². The van der Waals surface area contributed by atoms with E-state index in [1.807, 2.05) is 5.32 Å². The van der Waals surface area contributed by atoms with E-state index in [2.05, 4.69) is 9.84 Å². The normalized spacial score (nSPS) is 10.6. The molecule has 29 heavy (non-hydrogen) atoms. The number of aromatic nitrogens is 2. The second kappa shape index (κ2) is 8.42. The van der Waals surface area contributed by atoms with Gasteiger partial charge in [-0.3, -0.25) is 9.59 Å². The Morgan fingerprint density at radius 3 is 2.48 bits per heavy atom. The fourth-order valence-corrected chi connectivity index (χ4v) is 2.21. The average molecular weight is 407 g/mol. The van der Waals surface area contributed by atoms with E-state index in [0.717, 1.165) is 30.3 Å². The van der Waals surface area contributed by atoms with Gasteiger partial charge in [0.15, 0.2) is 6.61 Å². The van der Waals surface area contributed by atoms with E-state index in [1.165, 1.54) is 12.1 Å². The Bertz CT molecular complexity index is 1110. The van der Waals surface area contributed by atoms with Gasteiger partial charge in [0.2, 0.25) is 5.89 Å². The molecule has 11 heteroatoms. The third-order valence-electron chi connectivity index (χ3n) is 3.54. The SMILES string of the molecule is O=C(COC(=O)Cn1nc(-c2ccc(F)cc2)oc1=O)Nc1cc(F)ccc1F. The van der Waals surface area contributed by atoms with Crippen LogP contribution in [0.3, 0.4) is 0 Å². The van der Waals surface area contributed by atoms with Gasteiger partial charge in [-0.2, -0.15) is 4.68 Å². The van der Waals surface area contributed by atoms with Crippen LogP contribution in [0.15, 0.2) is 51.7 Å². The number of halogens is 3. The third kappa shape index (κ3) is 5.09. The van der Waals surface area contributed by atoms with Gasteiger partial charge in [0.1, 0.15) is 24.0 Å². The number of amides is 1. The minimum absolute atomic E-state index is 0.137. The Morgan fingerprint density at radius 2 is 1.76 bits per heavy atom. The summed E-state index contributed by atoms with van der Waals surface area (Å²) in [6.07, 6.45) is 0. The summed E-state index contributed by atoms with van der Waals surface area (Å²) in [6, 6.07) is 7.41. The summed E-state index contributed by atoms with van der Waals surface area (Å²) < 4.78 is 49.7. The monoisotopic (exact) mass is 407 g/mol. The van der Waals surface area contributed by atoms with E-state index >= 15 is 0 Å². The van der Waals surface area contributed by atoms with Crippen LogP contribution in [-0.2, 0) is 20.9 Å². The van der Waals surface area contributed by atoms with Gasteiger partial charge in [-0.05, 0) is 36.4 Å². The number of hydrogen-bond acceptors (Lipinski definition) is 6. The standard InChI is InChI=1S/C18H12F3N3O5/c19-11-3-1-10(2-4-11)17-23-24(18(27)29-17)8-16(26)28-9-15(25)22-14-7-12(20)5-6-13(14)21/h1-7H,8-9H2,(H,22,25). The zero-order valence-corrected chi connectivity index (χ0v) is 14.5. The number of esters is 1. The summed E-state index contributed by atoms with van der Waals surface area (Å²) in [5, 5.41) is 5.84. The summed E-state index contributed by atoms with van der Waals surface area (Å²) in [6.45, 7) is -1.46. The topological polar surface area (TPSA) is 103 Å². The molecule has 1 N–H and O–H groups in total. The van der Waals surface area contributed by atoms with Crippen molar-refractivity contribution >= 4 is 17.6 Å². The van der Waals surface area contributed by atoms with Crippen LogP contribution in [0.5, 0.6) is 0 Å². The fourth-order valence-electron chi connectivity index (χ4n) is 2.21. The molecule has 0 radical (unpaired) electrons. The van der Waals surface area contributed by atoms with Crippen molar-refractivity contribution in [1.82, 2.24) is 9.78 Å². The molecule has 0 saturated heterocycles. The molecule has 1 heterocycles.